The highest BCUT2D eigenvalue weighted by molar-refractivity contribution is 6.67. The van der Waals surface area contributed by atoms with E-state index in [1.165, 1.54) is 0 Å². The molecule has 0 radical (unpaired) electrons. The van der Waals surface area contributed by atoms with Gasteiger partial charge in [0.05, 0.1) is 20.1 Å². The second-order valence-electron chi connectivity index (χ2n) is 9.73. The standard InChI is InChI=1S/C19H12Cl12/c20-10-11(21)15(25)7-3-5-4(1-6(7)14(10,24)18(15,28)29)2-8-9(5)17(27)13(23)12(22)16(8,26)19(17,30)31/h4-9H,1-3H2. The van der Waals surface area contributed by atoms with Gasteiger partial charge in [-0.25, -0.2) is 0 Å². The molecule has 0 aliphatic heterocycles. The monoisotopic (exact) mass is 660 g/mol. The Bertz CT molecular complexity index is 982. The van der Waals surface area contributed by atoms with E-state index in [9.17, 15) is 0 Å². The minimum absolute atomic E-state index is 0.0578. The first-order valence-electron chi connectivity index (χ1n) is 9.71. The van der Waals surface area contributed by atoms with Gasteiger partial charge < -0.3 is 0 Å². The Morgan fingerprint density at radius 3 is 1.35 bits per heavy atom. The van der Waals surface area contributed by atoms with Crippen LogP contribution in [0, 0.1) is 35.5 Å². The summed E-state index contributed by atoms with van der Waals surface area (Å²) in [5.41, 5.74) is 0. The molecular formula is C19H12Cl12. The average molecular weight is 666 g/mol. The van der Waals surface area contributed by atoms with Crippen molar-refractivity contribution in [2.24, 2.45) is 35.5 Å². The normalized spacial score (nSPS) is 60.0. The number of allylic oxidation sites excluding steroid dienone is 4. The fraction of sp³-hybridized carbons (Fsp3) is 0.789. The number of rotatable bonds is 0. The summed E-state index contributed by atoms with van der Waals surface area (Å²) in [6.45, 7) is 0. The second-order valence-corrected chi connectivity index (χ2v) is 16.3. The van der Waals surface area contributed by atoms with E-state index in [-0.39, 0.29) is 55.6 Å². The summed E-state index contributed by atoms with van der Waals surface area (Å²) in [4.78, 5) is -5.15. The van der Waals surface area contributed by atoms with Gasteiger partial charge in [0.1, 0.15) is 19.5 Å². The molecule has 0 heterocycles. The predicted molar refractivity (Wildman–Crippen MR) is 135 cm³/mol. The maximum Gasteiger partial charge on any atom is 0.166 e. The first-order valence-corrected chi connectivity index (χ1v) is 14.2. The predicted octanol–water partition coefficient (Wildman–Crippen LogP) is 9.57. The molecule has 6 aliphatic rings. The molecule has 10 atom stereocenters. The number of hydrogen-bond donors (Lipinski definition) is 0. The zero-order chi connectivity index (χ0) is 22.9. The van der Waals surface area contributed by atoms with Crippen molar-refractivity contribution in [1.29, 1.82) is 0 Å². The Balaban J connectivity index is 1.47. The van der Waals surface area contributed by atoms with Crippen LogP contribution in [0.15, 0.2) is 20.1 Å². The van der Waals surface area contributed by atoms with Gasteiger partial charge in [-0.3, -0.25) is 0 Å². The molecule has 0 N–H and O–H groups in total. The van der Waals surface area contributed by atoms with Gasteiger partial charge in [-0.1, -0.05) is 92.8 Å². The van der Waals surface area contributed by atoms with Crippen LogP contribution in [0.1, 0.15) is 19.3 Å². The van der Waals surface area contributed by atoms with E-state index >= 15 is 0 Å². The summed E-state index contributed by atoms with van der Waals surface area (Å²) in [5, 5.41) is 0.876. The van der Waals surface area contributed by atoms with Crippen LogP contribution in [0.4, 0.5) is 0 Å². The van der Waals surface area contributed by atoms with Crippen molar-refractivity contribution in [3.8, 4) is 0 Å². The molecule has 0 saturated heterocycles. The SMILES string of the molecule is ClC1=C(Cl)C2(Cl)C3CC4C(CC3C1(Cl)C2(Cl)Cl)CC1C4C2(Cl)C(Cl)=C(Cl)C1(Cl)C2(Cl)Cl. The van der Waals surface area contributed by atoms with Crippen molar-refractivity contribution in [2.75, 3.05) is 0 Å². The molecule has 172 valence electrons. The number of fused-ring (bicyclic) bond motifs is 12. The van der Waals surface area contributed by atoms with Crippen LogP contribution in [0.3, 0.4) is 0 Å². The van der Waals surface area contributed by atoms with Gasteiger partial charge in [0.15, 0.2) is 8.67 Å². The van der Waals surface area contributed by atoms with E-state index in [1.54, 1.807) is 0 Å². The summed E-state index contributed by atoms with van der Waals surface area (Å²) in [6, 6.07) is 0. The van der Waals surface area contributed by atoms with E-state index in [2.05, 4.69) is 0 Å². The molecule has 0 spiro atoms. The van der Waals surface area contributed by atoms with Crippen molar-refractivity contribution in [3.05, 3.63) is 20.1 Å². The third-order valence-electron chi connectivity index (χ3n) is 9.11. The molecule has 0 nitrogen and oxygen atoms in total. The topological polar surface area (TPSA) is 0 Å². The van der Waals surface area contributed by atoms with Crippen molar-refractivity contribution < 1.29 is 0 Å². The van der Waals surface area contributed by atoms with Crippen LogP contribution in [0.2, 0.25) is 0 Å². The molecule has 4 saturated carbocycles. The van der Waals surface area contributed by atoms with Crippen LogP contribution in [0.5, 0.6) is 0 Å². The maximum atomic E-state index is 7.15. The van der Waals surface area contributed by atoms with Crippen LogP contribution in [-0.4, -0.2) is 28.2 Å². The molecule has 10 unspecified atom stereocenters. The van der Waals surface area contributed by atoms with Crippen LogP contribution >= 0.6 is 139 Å². The van der Waals surface area contributed by atoms with Crippen LogP contribution in [0.25, 0.3) is 0 Å². The minimum atomic E-state index is -1.56. The van der Waals surface area contributed by atoms with Gasteiger partial charge >= 0.3 is 0 Å². The fourth-order valence-electron chi connectivity index (χ4n) is 7.92. The highest BCUT2D eigenvalue weighted by Crippen LogP contribution is 2.84. The molecule has 0 aromatic carbocycles. The highest BCUT2D eigenvalue weighted by atomic mass is 35.5. The summed E-state index contributed by atoms with van der Waals surface area (Å²) >= 11 is 81.9. The van der Waals surface area contributed by atoms with Crippen molar-refractivity contribution in [1.82, 2.24) is 0 Å². The first-order chi connectivity index (χ1) is 14.1. The molecule has 31 heavy (non-hydrogen) atoms. The summed E-state index contributed by atoms with van der Waals surface area (Å²) in [5.74, 6) is -0.486. The largest absolute Gasteiger partial charge is 0.166 e. The third kappa shape index (κ3) is 2.09. The van der Waals surface area contributed by atoms with Crippen molar-refractivity contribution in [3.63, 3.8) is 0 Å². The lowest BCUT2D eigenvalue weighted by Gasteiger charge is -2.47. The second kappa shape index (κ2) is 6.50. The van der Waals surface area contributed by atoms with Gasteiger partial charge in [-0.05, 0) is 54.8 Å². The molecule has 6 rings (SSSR count). The van der Waals surface area contributed by atoms with Gasteiger partial charge in [0.2, 0.25) is 0 Å². The lowest BCUT2D eigenvalue weighted by molar-refractivity contribution is 0.102. The van der Waals surface area contributed by atoms with Gasteiger partial charge in [0.25, 0.3) is 0 Å². The summed E-state index contributed by atoms with van der Waals surface area (Å²) < 4.78 is -3.12. The molecule has 6 aliphatic carbocycles. The Morgan fingerprint density at radius 1 is 0.484 bits per heavy atom. The number of hydrogen-bond acceptors (Lipinski definition) is 0. The lowest BCUT2D eigenvalue weighted by Crippen LogP contribution is -2.49. The summed E-state index contributed by atoms with van der Waals surface area (Å²) in [7, 11) is 0. The smallest absolute Gasteiger partial charge is 0.109 e. The Kier molecular flexibility index (Phi) is 5.10. The van der Waals surface area contributed by atoms with E-state index in [4.69, 9.17) is 139 Å². The zero-order valence-corrected chi connectivity index (χ0v) is 24.2. The van der Waals surface area contributed by atoms with E-state index in [1.807, 2.05) is 0 Å². The lowest BCUT2D eigenvalue weighted by atomic mass is 9.62. The number of halogens is 12. The molecule has 0 aromatic heterocycles. The zero-order valence-electron chi connectivity index (χ0n) is 15.1. The van der Waals surface area contributed by atoms with E-state index < -0.39 is 28.2 Å². The number of alkyl halides is 8. The average Bonchev–Trinajstić information content (AvgIpc) is 3.25. The van der Waals surface area contributed by atoms with Gasteiger partial charge in [0, 0.05) is 0 Å². The Hall–Kier alpha value is 2.96. The van der Waals surface area contributed by atoms with Crippen molar-refractivity contribution >= 4 is 139 Å². The highest BCUT2D eigenvalue weighted by Gasteiger charge is 2.87. The van der Waals surface area contributed by atoms with Gasteiger partial charge in [-0.2, -0.15) is 0 Å². The third-order valence-corrected chi connectivity index (χ3v) is 17.8. The molecule has 0 amide bonds. The minimum Gasteiger partial charge on any atom is -0.109 e. The van der Waals surface area contributed by atoms with Crippen LogP contribution in [-0.2, 0) is 0 Å². The van der Waals surface area contributed by atoms with Crippen LogP contribution < -0.4 is 0 Å². The molecule has 0 aromatic rings. The quantitative estimate of drug-likeness (QED) is 0.226. The molecule has 4 bridgehead atoms. The van der Waals surface area contributed by atoms with Crippen molar-refractivity contribution in [2.45, 2.75) is 47.4 Å². The molecular weight excluding hydrogens is 654 g/mol. The molecule has 4 fully saturated rings. The molecule has 12 heteroatoms. The Morgan fingerprint density at radius 2 is 0.839 bits per heavy atom. The fourth-order valence-corrected chi connectivity index (χ4v) is 14.2. The Labute approximate surface area is 240 Å². The van der Waals surface area contributed by atoms with E-state index in [0.29, 0.717) is 19.3 Å². The summed E-state index contributed by atoms with van der Waals surface area (Å²) in [6.07, 6.45) is 2.02. The first kappa shape index (κ1) is 24.3. The van der Waals surface area contributed by atoms with E-state index in [0.717, 1.165) is 0 Å². The van der Waals surface area contributed by atoms with Gasteiger partial charge in [-0.15, -0.1) is 46.4 Å². The maximum absolute atomic E-state index is 7.15.